The van der Waals surface area contributed by atoms with Crippen LogP contribution in [0.5, 0.6) is 11.5 Å². The van der Waals surface area contributed by atoms with Gasteiger partial charge in [0.05, 0.1) is 13.0 Å². The highest BCUT2D eigenvalue weighted by molar-refractivity contribution is 5.80. The summed E-state index contributed by atoms with van der Waals surface area (Å²) in [6, 6.07) is 16.1. The Morgan fingerprint density at radius 1 is 1.23 bits per heavy atom. The van der Waals surface area contributed by atoms with E-state index in [1.807, 2.05) is 30.3 Å². The van der Waals surface area contributed by atoms with E-state index in [0.717, 1.165) is 23.6 Å². The Hall–Kier alpha value is -2.95. The molecule has 1 atom stereocenters. The van der Waals surface area contributed by atoms with Crippen molar-refractivity contribution < 1.29 is 14.3 Å². The third-order valence-electron chi connectivity index (χ3n) is 4.88. The zero-order valence-electron chi connectivity index (χ0n) is 14.8. The maximum atomic E-state index is 12.5. The standard InChI is InChI=1S/C21H22N2O3/c1-25-19-8-4-6-16-13-17(14-26-20(16)19)21(24)22-10-12-23-11-9-15-5-2-3-7-18(15)23/h2-9,11,17H,10,12-14H2,1H3,(H,22,24). The summed E-state index contributed by atoms with van der Waals surface area (Å²) in [6.07, 6.45) is 2.73. The van der Waals surface area contributed by atoms with Gasteiger partial charge in [-0.25, -0.2) is 0 Å². The van der Waals surface area contributed by atoms with Crippen LogP contribution in [0.15, 0.2) is 54.7 Å². The molecule has 1 aromatic heterocycles. The molecule has 0 saturated heterocycles. The smallest absolute Gasteiger partial charge is 0.226 e. The number of fused-ring (bicyclic) bond motifs is 2. The Morgan fingerprint density at radius 3 is 3.00 bits per heavy atom. The summed E-state index contributed by atoms with van der Waals surface area (Å²) in [6.45, 7) is 1.72. The molecule has 1 aliphatic rings. The first-order valence-corrected chi connectivity index (χ1v) is 8.86. The third kappa shape index (κ3) is 3.12. The molecule has 1 N–H and O–H groups in total. The molecule has 0 radical (unpaired) electrons. The van der Waals surface area contributed by atoms with Gasteiger partial charge in [-0.1, -0.05) is 30.3 Å². The summed E-state index contributed by atoms with van der Waals surface area (Å²) in [5, 5.41) is 4.26. The van der Waals surface area contributed by atoms with E-state index in [1.165, 1.54) is 10.9 Å². The quantitative estimate of drug-likeness (QED) is 0.770. The van der Waals surface area contributed by atoms with Crippen molar-refractivity contribution in [2.45, 2.75) is 13.0 Å². The van der Waals surface area contributed by atoms with Crippen LogP contribution in [0.25, 0.3) is 10.9 Å². The van der Waals surface area contributed by atoms with Crippen LogP contribution in [0.4, 0.5) is 0 Å². The largest absolute Gasteiger partial charge is 0.493 e. The minimum atomic E-state index is -0.170. The Kier molecular flexibility index (Phi) is 4.52. The molecule has 1 amide bonds. The molecular formula is C21H22N2O3. The van der Waals surface area contributed by atoms with E-state index in [-0.39, 0.29) is 11.8 Å². The lowest BCUT2D eigenvalue weighted by Crippen LogP contribution is -2.38. The van der Waals surface area contributed by atoms with Gasteiger partial charge in [-0.15, -0.1) is 0 Å². The van der Waals surface area contributed by atoms with Gasteiger partial charge in [0.1, 0.15) is 6.61 Å². The van der Waals surface area contributed by atoms with Crippen LogP contribution >= 0.6 is 0 Å². The first-order chi connectivity index (χ1) is 12.8. The topological polar surface area (TPSA) is 52.5 Å². The number of benzene rings is 2. The molecular weight excluding hydrogens is 328 g/mol. The molecule has 0 fully saturated rings. The van der Waals surface area contributed by atoms with E-state index in [2.05, 4.69) is 34.3 Å². The Bertz CT molecular complexity index is 932. The number of ether oxygens (including phenoxy) is 2. The average Bonchev–Trinajstić information content (AvgIpc) is 3.10. The van der Waals surface area contributed by atoms with Crippen LogP contribution in [-0.2, 0) is 17.8 Å². The fraction of sp³-hybridized carbons (Fsp3) is 0.286. The van der Waals surface area contributed by atoms with E-state index in [0.29, 0.717) is 19.6 Å². The second-order valence-electron chi connectivity index (χ2n) is 6.52. The highest BCUT2D eigenvalue weighted by Crippen LogP contribution is 2.36. The fourth-order valence-corrected chi connectivity index (χ4v) is 3.50. The molecule has 4 rings (SSSR count). The molecule has 1 aliphatic heterocycles. The molecule has 26 heavy (non-hydrogen) atoms. The SMILES string of the molecule is COc1cccc2c1OCC(C(=O)NCCn1ccc3ccccc31)C2. The minimum Gasteiger partial charge on any atom is -0.493 e. The zero-order valence-corrected chi connectivity index (χ0v) is 14.8. The lowest BCUT2D eigenvalue weighted by molar-refractivity contribution is -0.126. The monoisotopic (exact) mass is 350 g/mol. The minimum absolute atomic E-state index is 0.0370. The Morgan fingerprint density at radius 2 is 2.12 bits per heavy atom. The van der Waals surface area contributed by atoms with E-state index in [1.54, 1.807) is 7.11 Å². The van der Waals surface area contributed by atoms with E-state index < -0.39 is 0 Å². The predicted molar refractivity (Wildman–Crippen MR) is 101 cm³/mol. The third-order valence-corrected chi connectivity index (χ3v) is 4.88. The normalized spacial score (nSPS) is 16.0. The zero-order chi connectivity index (χ0) is 17.9. The number of hydrogen-bond acceptors (Lipinski definition) is 3. The number of carbonyl (C=O) groups is 1. The van der Waals surface area contributed by atoms with Gasteiger partial charge >= 0.3 is 0 Å². The first-order valence-electron chi connectivity index (χ1n) is 8.86. The second kappa shape index (κ2) is 7.12. The van der Waals surface area contributed by atoms with Crippen molar-refractivity contribution in [1.29, 1.82) is 0 Å². The Balaban J connectivity index is 1.35. The summed E-state index contributed by atoms with van der Waals surface area (Å²) in [7, 11) is 1.63. The summed E-state index contributed by atoms with van der Waals surface area (Å²) >= 11 is 0. The van der Waals surface area contributed by atoms with E-state index in [4.69, 9.17) is 9.47 Å². The van der Waals surface area contributed by atoms with Gasteiger partial charge in [-0.3, -0.25) is 4.79 Å². The average molecular weight is 350 g/mol. The van der Waals surface area contributed by atoms with Gasteiger partial charge in [0.25, 0.3) is 0 Å². The molecule has 2 heterocycles. The predicted octanol–water partition coefficient (Wildman–Crippen LogP) is 3.02. The highest BCUT2D eigenvalue weighted by Gasteiger charge is 2.27. The van der Waals surface area contributed by atoms with Crippen molar-refractivity contribution >= 4 is 16.8 Å². The Labute approximate surface area is 152 Å². The number of hydrogen-bond donors (Lipinski definition) is 1. The lowest BCUT2D eigenvalue weighted by Gasteiger charge is -2.25. The van der Waals surface area contributed by atoms with E-state index in [9.17, 15) is 4.79 Å². The maximum Gasteiger partial charge on any atom is 0.226 e. The van der Waals surface area contributed by atoms with E-state index >= 15 is 0 Å². The van der Waals surface area contributed by atoms with Crippen LogP contribution in [-0.4, -0.2) is 30.7 Å². The van der Waals surface area contributed by atoms with Crippen molar-refractivity contribution in [2.24, 2.45) is 5.92 Å². The van der Waals surface area contributed by atoms with Crippen LogP contribution < -0.4 is 14.8 Å². The molecule has 134 valence electrons. The van der Waals surface area contributed by atoms with Gasteiger partial charge in [0.2, 0.25) is 5.91 Å². The van der Waals surface area contributed by atoms with Crippen molar-refractivity contribution in [3.63, 3.8) is 0 Å². The van der Waals surface area contributed by atoms with Crippen LogP contribution in [0.1, 0.15) is 5.56 Å². The second-order valence-corrected chi connectivity index (χ2v) is 6.52. The molecule has 0 saturated carbocycles. The number of rotatable bonds is 5. The fourth-order valence-electron chi connectivity index (χ4n) is 3.50. The van der Waals surface area contributed by atoms with Crippen molar-refractivity contribution in [3.8, 4) is 11.5 Å². The van der Waals surface area contributed by atoms with Gasteiger partial charge in [0.15, 0.2) is 11.5 Å². The molecule has 0 bridgehead atoms. The van der Waals surface area contributed by atoms with Gasteiger partial charge < -0.3 is 19.4 Å². The molecule has 0 aliphatic carbocycles. The van der Waals surface area contributed by atoms with Crippen molar-refractivity contribution in [3.05, 3.63) is 60.3 Å². The molecule has 0 spiro atoms. The molecule has 5 nitrogen and oxygen atoms in total. The van der Waals surface area contributed by atoms with Gasteiger partial charge in [-0.2, -0.15) is 0 Å². The number of nitrogens with zero attached hydrogens (tertiary/aromatic N) is 1. The molecule has 2 aromatic carbocycles. The first kappa shape index (κ1) is 16.5. The van der Waals surface area contributed by atoms with Crippen LogP contribution in [0, 0.1) is 5.92 Å². The number of aromatic nitrogens is 1. The van der Waals surface area contributed by atoms with Crippen LogP contribution in [0.2, 0.25) is 0 Å². The summed E-state index contributed by atoms with van der Waals surface area (Å²) in [5.74, 6) is 1.35. The molecule has 1 unspecified atom stereocenters. The van der Waals surface area contributed by atoms with Gasteiger partial charge in [0, 0.05) is 24.8 Å². The molecule has 3 aromatic rings. The number of carbonyl (C=O) groups excluding carboxylic acids is 1. The highest BCUT2D eigenvalue weighted by atomic mass is 16.5. The summed E-state index contributed by atoms with van der Waals surface area (Å²) in [4.78, 5) is 12.5. The number of nitrogens with one attached hydrogen (secondary N) is 1. The van der Waals surface area contributed by atoms with Crippen molar-refractivity contribution in [1.82, 2.24) is 9.88 Å². The summed E-state index contributed by atoms with van der Waals surface area (Å²) in [5.41, 5.74) is 2.20. The van der Waals surface area contributed by atoms with Crippen molar-refractivity contribution in [2.75, 3.05) is 20.3 Å². The lowest BCUT2D eigenvalue weighted by atomic mass is 9.95. The number of methoxy groups -OCH3 is 1. The maximum absolute atomic E-state index is 12.5. The summed E-state index contributed by atoms with van der Waals surface area (Å²) < 4.78 is 13.3. The number of para-hydroxylation sites is 2. The molecule has 5 heteroatoms. The van der Waals surface area contributed by atoms with Gasteiger partial charge in [-0.05, 0) is 35.6 Å². The van der Waals surface area contributed by atoms with Crippen LogP contribution in [0.3, 0.4) is 0 Å². The number of amides is 1.